The molecule has 0 saturated heterocycles. The van der Waals surface area contributed by atoms with Crippen LogP contribution in [0.5, 0.6) is 0 Å². The van der Waals surface area contributed by atoms with Gasteiger partial charge in [-0.2, -0.15) is 0 Å². The molecule has 2 aliphatic rings. The number of benzene rings is 5. The van der Waals surface area contributed by atoms with Gasteiger partial charge in [-0.15, -0.1) is 0 Å². The highest BCUT2D eigenvalue weighted by Gasteiger charge is 2.35. The van der Waals surface area contributed by atoms with Crippen molar-refractivity contribution in [3.05, 3.63) is 138 Å². The first-order valence-electron chi connectivity index (χ1n) is 14.7. The molecule has 0 N–H and O–H groups in total. The molecule has 2 aliphatic carbocycles. The maximum Gasteiger partial charge on any atom is 0.0637 e. The van der Waals surface area contributed by atoms with Crippen molar-refractivity contribution in [2.75, 3.05) is 0 Å². The fourth-order valence-corrected chi connectivity index (χ4v) is 7.73. The van der Waals surface area contributed by atoms with Gasteiger partial charge in [0.15, 0.2) is 0 Å². The van der Waals surface area contributed by atoms with Crippen LogP contribution >= 0.6 is 0 Å². The van der Waals surface area contributed by atoms with Gasteiger partial charge in [-0.3, -0.25) is 0 Å². The van der Waals surface area contributed by atoms with E-state index in [2.05, 4.69) is 144 Å². The Labute approximate surface area is 239 Å². The van der Waals surface area contributed by atoms with Crippen LogP contribution in [-0.4, -0.2) is 9.13 Å². The Morgan fingerprint density at radius 3 is 2.29 bits per heavy atom. The van der Waals surface area contributed by atoms with E-state index in [1.807, 2.05) is 0 Å². The molecule has 2 heterocycles. The molecule has 0 amide bonds. The Morgan fingerprint density at radius 1 is 0.610 bits per heavy atom. The van der Waals surface area contributed by atoms with Crippen molar-refractivity contribution in [1.29, 1.82) is 0 Å². The monoisotopic (exact) mass is 526 g/mol. The van der Waals surface area contributed by atoms with Crippen LogP contribution in [0.4, 0.5) is 0 Å². The molecule has 2 aromatic heterocycles. The highest BCUT2D eigenvalue weighted by molar-refractivity contribution is 6.22. The Balaban J connectivity index is 1.40. The first-order chi connectivity index (χ1) is 20.1. The maximum absolute atomic E-state index is 2.50. The number of fused-ring (bicyclic) bond motifs is 10. The molecule has 2 nitrogen and oxygen atoms in total. The molecule has 5 aromatic carbocycles. The third-order valence-electron chi connectivity index (χ3n) is 9.59. The molecule has 0 spiro atoms. The lowest BCUT2D eigenvalue weighted by molar-refractivity contribution is 0.660. The van der Waals surface area contributed by atoms with Crippen LogP contribution in [0.1, 0.15) is 42.7 Å². The van der Waals surface area contributed by atoms with Crippen LogP contribution in [0.15, 0.2) is 115 Å². The summed E-state index contributed by atoms with van der Waals surface area (Å²) in [6.45, 7) is 4.73. The molecule has 0 radical (unpaired) electrons. The van der Waals surface area contributed by atoms with Crippen molar-refractivity contribution in [3.63, 3.8) is 0 Å². The second-order valence-electron chi connectivity index (χ2n) is 12.1. The van der Waals surface area contributed by atoms with Crippen molar-refractivity contribution < 1.29 is 0 Å². The summed E-state index contributed by atoms with van der Waals surface area (Å²) in [5.41, 5.74) is 14.5. The fraction of sp³-hybridized carbons (Fsp3) is 0.128. The summed E-state index contributed by atoms with van der Waals surface area (Å²) < 4.78 is 4.99. The molecule has 0 bridgehead atoms. The van der Waals surface area contributed by atoms with Crippen LogP contribution in [0.25, 0.3) is 61.3 Å². The van der Waals surface area contributed by atoms with E-state index >= 15 is 0 Å². The molecule has 0 saturated carbocycles. The van der Waals surface area contributed by atoms with Gasteiger partial charge in [0.05, 0.1) is 16.6 Å². The van der Waals surface area contributed by atoms with Gasteiger partial charge in [0, 0.05) is 38.6 Å². The number of allylic oxidation sites excluding steroid dienone is 1. The summed E-state index contributed by atoms with van der Waals surface area (Å²) in [7, 11) is 0. The lowest BCUT2D eigenvalue weighted by atomic mass is 9.82. The number of nitrogens with zero attached hydrogens (tertiary/aromatic N) is 2. The molecule has 196 valence electrons. The largest absolute Gasteiger partial charge is 0.309 e. The normalized spacial score (nSPS) is 15.0. The summed E-state index contributed by atoms with van der Waals surface area (Å²) >= 11 is 0. The van der Waals surface area contributed by atoms with Crippen LogP contribution in [0.3, 0.4) is 0 Å². The Morgan fingerprint density at radius 2 is 1.39 bits per heavy atom. The van der Waals surface area contributed by atoms with Gasteiger partial charge in [-0.25, -0.2) is 0 Å². The summed E-state index contributed by atoms with van der Waals surface area (Å²) in [6, 6.07) is 40.5. The zero-order valence-electron chi connectivity index (χ0n) is 23.4. The Bertz CT molecular complexity index is 2220. The fourth-order valence-electron chi connectivity index (χ4n) is 7.73. The highest BCUT2D eigenvalue weighted by atomic mass is 15.0. The van der Waals surface area contributed by atoms with E-state index in [0.717, 1.165) is 12.8 Å². The topological polar surface area (TPSA) is 9.86 Å². The van der Waals surface area contributed by atoms with E-state index in [1.165, 1.54) is 77.6 Å². The van der Waals surface area contributed by atoms with Gasteiger partial charge in [-0.1, -0.05) is 92.7 Å². The van der Waals surface area contributed by atoms with Crippen LogP contribution in [0.2, 0.25) is 0 Å². The van der Waals surface area contributed by atoms with Gasteiger partial charge in [-0.05, 0) is 83.1 Å². The average molecular weight is 527 g/mol. The van der Waals surface area contributed by atoms with E-state index in [4.69, 9.17) is 0 Å². The van der Waals surface area contributed by atoms with E-state index in [0.29, 0.717) is 0 Å². The summed E-state index contributed by atoms with van der Waals surface area (Å²) in [4.78, 5) is 0. The molecular formula is C39H30N2. The predicted octanol–water partition coefficient (Wildman–Crippen LogP) is 9.99. The van der Waals surface area contributed by atoms with Crippen molar-refractivity contribution in [2.24, 2.45) is 0 Å². The number of aromatic nitrogens is 2. The maximum atomic E-state index is 2.50. The molecule has 0 atom stereocenters. The highest BCUT2D eigenvalue weighted by Crippen LogP contribution is 2.50. The number of para-hydroxylation sites is 2. The zero-order valence-corrected chi connectivity index (χ0v) is 23.4. The molecule has 0 unspecified atom stereocenters. The van der Waals surface area contributed by atoms with Gasteiger partial charge in [0.2, 0.25) is 0 Å². The van der Waals surface area contributed by atoms with Crippen molar-refractivity contribution in [3.8, 4) is 22.5 Å². The second kappa shape index (κ2) is 8.11. The standard InChI is InChI=1S/C39H30N2/c1-39(2)32-17-9-6-14-27(32)28-21-20-26(24-33(28)39)40-35-19-11-8-16-31(35)37-36(40)23-22-30-29-15-7-10-18-34(29)41(38(30)37)25-12-4-3-5-13-25/h3-6,8-14,16-24H,7,15H2,1-2H3. The van der Waals surface area contributed by atoms with Crippen molar-refractivity contribution in [1.82, 2.24) is 9.13 Å². The lowest BCUT2D eigenvalue weighted by Crippen LogP contribution is -2.15. The van der Waals surface area contributed by atoms with Crippen LogP contribution in [0, 0.1) is 0 Å². The van der Waals surface area contributed by atoms with E-state index in [1.54, 1.807) is 0 Å². The van der Waals surface area contributed by atoms with Gasteiger partial charge >= 0.3 is 0 Å². The smallest absolute Gasteiger partial charge is 0.0637 e. The van der Waals surface area contributed by atoms with Gasteiger partial charge < -0.3 is 9.13 Å². The molecule has 0 fully saturated rings. The van der Waals surface area contributed by atoms with Gasteiger partial charge in [0.25, 0.3) is 0 Å². The average Bonchev–Trinajstić information content (AvgIpc) is 3.61. The van der Waals surface area contributed by atoms with Crippen LogP contribution in [-0.2, 0) is 11.8 Å². The number of aryl methyl sites for hydroxylation is 1. The summed E-state index contributed by atoms with van der Waals surface area (Å²) in [5, 5.41) is 3.99. The minimum atomic E-state index is -0.0403. The number of rotatable bonds is 2. The van der Waals surface area contributed by atoms with Gasteiger partial charge in [0.1, 0.15) is 0 Å². The number of hydrogen-bond acceptors (Lipinski definition) is 0. The van der Waals surface area contributed by atoms with Crippen LogP contribution < -0.4 is 0 Å². The summed E-state index contributed by atoms with van der Waals surface area (Å²) in [5.74, 6) is 0. The molecule has 2 heteroatoms. The Kier molecular flexibility index (Phi) is 4.54. The van der Waals surface area contributed by atoms with E-state index in [9.17, 15) is 0 Å². The van der Waals surface area contributed by atoms with E-state index < -0.39 is 0 Å². The van der Waals surface area contributed by atoms with Crippen molar-refractivity contribution in [2.45, 2.75) is 32.1 Å². The quantitative estimate of drug-likeness (QED) is 0.212. The minimum absolute atomic E-state index is 0.0403. The summed E-state index contributed by atoms with van der Waals surface area (Å²) in [6.07, 6.45) is 6.82. The first-order valence-corrected chi connectivity index (χ1v) is 14.7. The molecule has 0 aliphatic heterocycles. The lowest BCUT2D eigenvalue weighted by Gasteiger charge is -2.22. The SMILES string of the molecule is CC1(C)c2ccccc2-c2ccc(-n3c4ccccc4c4c5c(ccc43)c3c(n5-c4ccccc4)C=CCC3)cc21. The predicted molar refractivity (Wildman–Crippen MR) is 173 cm³/mol. The van der Waals surface area contributed by atoms with E-state index in [-0.39, 0.29) is 5.41 Å². The Hall–Kier alpha value is -4.82. The molecule has 7 aromatic rings. The first kappa shape index (κ1) is 22.9. The molecule has 41 heavy (non-hydrogen) atoms. The third-order valence-corrected chi connectivity index (χ3v) is 9.59. The number of hydrogen-bond donors (Lipinski definition) is 0. The third kappa shape index (κ3) is 2.97. The molecular weight excluding hydrogens is 496 g/mol. The zero-order chi connectivity index (χ0) is 27.3. The van der Waals surface area contributed by atoms with Crippen molar-refractivity contribution >= 4 is 38.8 Å². The second-order valence-corrected chi connectivity index (χ2v) is 12.1. The minimum Gasteiger partial charge on any atom is -0.309 e. The molecule has 9 rings (SSSR count).